The van der Waals surface area contributed by atoms with Crippen LogP contribution in [0, 0.1) is 11.8 Å². The zero-order valence-corrected chi connectivity index (χ0v) is 15.2. The Morgan fingerprint density at radius 2 is 1.86 bits per heavy atom. The molecule has 8 heteroatoms. The minimum atomic E-state index is -1.50. The second-order valence-corrected chi connectivity index (χ2v) is 7.12. The van der Waals surface area contributed by atoms with Gasteiger partial charge in [-0.1, -0.05) is 12.1 Å². The smallest absolute Gasteiger partial charge is 0.252 e. The standard InChI is InChI=1S/C21H15F3N4O/c1-11(22)28-10-12(2-9-17(28)29)20-26-19-18-15(7-8-16(24)25-18)21(19,27-20)13-3-5-14(23)6-4-13/h2-11,19H,1H3,(H,26,27)/t11?,19-,21?/m0/s1. The number of benzene rings is 1. The lowest BCUT2D eigenvalue weighted by Gasteiger charge is -2.45. The van der Waals surface area contributed by atoms with Crippen LogP contribution in [-0.2, 0) is 5.54 Å². The average Bonchev–Trinajstić information content (AvgIpc) is 3.04. The number of hydrogen-bond acceptors (Lipinski definition) is 4. The van der Waals surface area contributed by atoms with Crippen LogP contribution in [0.15, 0.2) is 64.5 Å². The molecule has 3 heterocycles. The maximum absolute atomic E-state index is 13.8. The topological polar surface area (TPSA) is 59.3 Å². The molecule has 2 unspecified atom stereocenters. The molecule has 146 valence electrons. The van der Waals surface area contributed by atoms with Crippen molar-refractivity contribution in [1.82, 2.24) is 14.9 Å². The predicted molar refractivity (Wildman–Crippen MR) is 100 cm³/mol. The molecule has 3 aromatic rings. The van der Waals surface area contributed by atoms with Gasteiger partial charge in [-0.3, -0.25) is 14.4 Å². The summed E-state index contributed by atoms with van der Waals surface area (Å²) in [4.78, 5) is 20.5. The fourth-order valence-corrected chi connectivity index (χ4v) is 4.08. The van der Waals surface area contributed by atoms with Gasteiger partial charge in [-0.05, 0) is 42.8 Å². The molecule has 0 amide bonds. The lowest BCUT2D eigenvalue weighted by molar-refractivity contribution is 0.261. The van der Waals surface area contributed by atoms with E-state index in [-0.39, 0.29) is 5.82 Å². The molecule has 1 N–H and O–H groups in total. The second-order valence-electron chi connectivity index (χ2n) is 7.12. The molecule has 0 radical (unpaired) electrons. The highest BCUT2D eigenvalue weighted by atomic mass is 19.1. The largest absolute Gasteiger partial charge is 0.354 e. The summed E-state index contributed by atoms with van der Waals surface area (Å²) >= 11 is 0. The summed E-state index contributed by atoms with van der Waals surface area (Å²) in [5.74, 6) is -0.561. The van der Waals surface area contributed by atoms with Crippen LogP contribution < -0.4 is 10.9 Å². The number of aromatic nitrogens is 2. The summed E-state index contributed by atoms with van der Waals surface area (Å²) in [6.07, 6.45) is -0.110. The predicted octanol–water partition coefficient (Wildman–Crippen LogP) is 3.36. The molecule has 2 aromatic heterocycles. The number of nitrogens with zero attached hydrogens (tertiary/aromatic N) is 3. The van der Waals surface area contributed by atoms with Gasteiger partial charge in [-0.25, -0.2) is 13.8 Å². The molecule has 0 saturated carbocycles. The Balaban J connectivity index is 1.64. The van der Waals surface area contributed by atoms with E-state index >= 15 is 0 Å². The third-order valence-electron chi connectivity index (χ3n) is 5.45. The maximum atomic E-state index is 13.8. The Morgan fingerprint density at radius 1 is 1.10 bits per heavy atom. The van der Waals surface area contributed by atoms with Crippen LogP contribution in [0.3, 0.4) is 0 Å². The van der Waals surface area contributed by atoms with Crippen LogP contribution in [0.25, 0.3) is 0 Å². The van der Waals surface area contributed by atoms with E-state index in [0.717, 1.165) is 15.7 Å². The number of hydrogen-bond donors (Lipinski definition) is 1. The van der Waals surface area contributed by atoms with Gasteiger partial charge in [0.05, 0.1) is 5.69 Å². The van der Waals surface area contributed by atoms with Gasteiger partial charge in [0.2, 0.25) is 5.95 Å². The SMILES string of the molecule is CC(F)n1cc(C2=N[C@H]3c4nc(F)ccc4C3(c3ccc(F)cc3)N2)ccc1=O. The van der Waals surface area contributed by atoms with Gasteiger partial charge in [0.1, 0.15) is 23.2 Å². The number of pyridine rings is 2. The van der Waals surface area contributed by atoms with Crippen molar-refractivity contribution in [2.75, 3.05) is 0 Å². The molecule has 5 rings (SSSR count). The van der Waals surface area contributed by atoms with Crippen molar-refractivity contribution in [2.45, 2.75) is 24.8 Å². The molecule has 1 aromatic carbocycles. The van der Waals surface area contributed by atoms with Crippen molar-refractivity contribution in [3.05, 3.63) is 99.2 Å². The lowest BCUT2D eigenvalue weighted by Crippen LogP contribution is -2.52. The van der Waals surface area contributed by atoms with E-state index in [9.17, 15) is 18.0 Å². The van der Waals surface area contributed by atoms with Crippen LogP contribution in [0.4, 0.5) is 13.2 Å². The molecule has 1 aliphatic carbocycles. The zero-order valence-electron chi connectivity index (χ0n) is 15.2. The van der Waals surface area contributed by atoms with Crippen LogP contribution in [0.2, 0.25) is 0 Å². The highest BCUT2D eigenvalue weighted by Crippen LogP contribution is 2.56. The first-order valence-corrected chi connectivity index (χ1v) is 9.06. The second kappa shape index (κ2) is 6.04. The van der Waals surface area contributed by atoms with E-state index in [2.05, 4.69) is 15.3 Å². The number of amidine groups is 1. The average molecular weight is 396 g/mol. The van der Waals surface area contributed by atoms with Gasteiger partial charge in [0.25, 0.3) is 5.56 Å². The molecule has 29 heavy (non-hydrogen) atoms. The summed E-state index contributed by atoms with van der Waals surface area (Å²) in [7, 11) is 0. The minimum absolute atomic E-state index is 0.373. The van der Waals surface area contributed by atoms with Crippen molar-refractivity contribution in [2.24, 2.45) is 4.99 Å². The molecule has 0 spiro atoms. The number of fused-ring (bicyclic) bond motifs is 4. The molecular formula is C21H15F3N4O. The summed E-state index contributed by atoms with van der Waals surface area (Å²) in [6.45, 7) is 1.27. The van der Waals surface area contributed by atoms with Crippen LogP contribution in [0.1, 0.15) is 41.6 Å². The maximum Gasteiger partial charge on any atom is 0.252 e. The van der Waals surface area contributed by atoms with Crippen molar-refractivity contribution in [1.29, 1.82) is 0 Å². The van der Waals surface area contributed by atoms with E-state index in [1.165, 1.54) is 37.4 Å². The number of alkyl halides is 1. The Kier molecular flexibility index (Phi) is 3.68. The Morgan fingerprint density at radius 3 is 2.59 bits per heavy atom. The quantitative estimate of drug-likeness (QED) is 0.691. The van der Waals surface area contributed by atoms with Crippen LogP contribution >= 0.6 is 0 Å². The molecule has 3 atom stereocenters. The van der Waals surface area contributed by atoms with Gasteiger partial charge < -0.3 is 5.32 Å². The van der Waals surface area contributed by atoms with Gasteiger partial charge in [0.15, 0.2) is 6.30 Å². The van der Waals surface area contributed by atoms with E-state index in [1.807, 2.05) is 0 Å². The lowest BCUT2D eigenvalue weighted by atomic mass is 9.66. The molecule has 5 nitrogen and oxygen atoms in total. The van der Waals surface area contributed by atoms with Gasteiger partial charge in [-0.2, -0.15) is 4.39 Å². The van der Waals surface area contributed by atoms with Crippen LogP contribution in [0.5, 0.6) is 0 Å². The first kappa shape index (κ1) is 17.7. The normalized spacial score (nSPS) is 22.8. The number of rotatable bonds is 3. The Bertz CT molecular complexity index is 1220. The van der Waals surface area contributed by atoms with E-state index in [0.29, 0.717) is 17.1 Å². The molecule has 0 fully saturated rings. The summed E-state index contributed by atoms with van der Waals surface area (Å²) in [5, 5.41) is 3.34. The Labute approximate surface area is 163 Å². The van der Waals surface area contributed by atoms with Crippen LogP contribution in [-0.4, -0.2) is 15.4 Å². The fourth-order valence-electron chi connectivity index (χ4n) is 4.08. The van der Waals surface area contributed by atoms with Gasteiger partial charge >= 0.3 is 0 Å². The molecule has 1 aliphatic heterocycles. The van der Waals surface area contributed by atoms with Crippen molar-refractivity contribution in [3.63, 3.8) is 0 Å². The molecule has 2 aliphatic rings. The number of nitrogens with one attached hydrogen (secondary N) is 1. The number of aliphatic imine (C=N–C) groups is 1. The summed E-state index contributed by atoms with van der Waals surface area (Å²) < 4.78 is 41.9. The zero-order chi connectivity index (χ0) is 20.3. The minimum Gasteiger partial charge on any atom is -0.354 e. The molecular weight excluding hydrogens is 381 g/mol. The monoisotopic (exact) mass is 396 g/mol. The van der Waals surface area contributed by atoms with Crippen molar-refractivity contribution >= 4 is 5.84 Å². The molecule has 0 bridgehead atoms. The first-order chi connectivity index (χ1) is 13.9. The van der Waals surface area contributed by atoms with E-state index in [4.69, 9.17) is 0 Å². The van der Waals surface area contributed by atoms with Gasteiger partial charge in [0, 0.05) is 23.4 Å². The highest BCUT2D eigenvalue weighted by molar-refractivity contribution is 6.02. The summed E-state index contributed by atoms with van der Waals surface area (Å²) in [5.41, 5.74) is 1.18. The molecule has 0 saturated heterocycles. The van der Waals surface area contributed by atoms with Gasteiger partial charge in [-0.15, -0.1) is 0 Å². The fraction of sp³-hybridized carbons (Fsp3) is 0.190. The highest BCUT2D eigenvalue weighted by Gasteiger charge is 2.58. The third kappa shape index (κ3) is 2.45. The van der Waals surface area contributed by atoms with E-state index < -0.39 is 29.4 Å². The number of halogens is 3. The third-order valence-corrected chi connectivity index (χ3v) is 5.45. The Hall–Kier alpha value is -3.42. The van der Waals surface area contributed by atoms with E-state index in [1.54, 1.807) is 24.3 Å². The summed E-state index contributed by atoms with van der Waals surface area (Å²) in [6, 6.07) is 11.2. The van der Waals surface area contributed by atoms with Crippen molar-refractivity contribution < 1.29 is 13.2 Å². The first-order valence-electron chi connectivity index (χ1n) is 9.06. The van der Waals surface area contributed by atoms with Crippen molar-refractivity contribution in [3.8, 4) is 0 Å².